The van der Waals surface area contributed by atoms with Crippen molar-refractivity contribution in [3.05, 3.63) is 39.8 Å². The fraction of sp³-hybridized carbons (Fsp3) is 0.389. The van der Waals surface area contributed by atoms with Gasteiger partial charge in [0, 0.05) is 18.7 Å². The molecule has 0 aliphatic heterocycles. The van der Waals surface area contributed by atoms with E-state index in [9.17, 15) is 9.50 Å². The van der Waals surface area contributed by atoms with E-state index >= 15 is 0 Å². The lowest BCUT2D eigenvalue weighted by Gasteiger charge is -2.15. The van der Waals surface area contributed by atoms with Crippen LogP contribution >= 0.6 is 23.2 Å². The number of pyridine rings is 1. The van der Waals surface area contributed by atoms with Gasteiger partial charge in [0.1, 0.15) is 21.5 Å². The molecule has 0 atom stereocenters. The standard InChI is InChI=1S/C18H21Cl2FN2O3/c1-4-25-8-7-22-18-15(20)16(14(19)17(21)23-18)26-11-5-6-13(24)12(9-11)10(2)3/h5-6,9-10,24H,4,7-8H2,1-3H3,(H,22,23). The van der Waals surface area contributed by atoms with E-state index in [1.807, 2.05) is 20.8 Å². The first-order valence-corrected chi connectivity index (χ1v) is 8.97. The molecule has 0 bridgehead atoms. The summed E-state index contributed by atoms with van der Waals surface area (Å²) in [6.07, 6.45) is 0. The Kier molecular flexibility index (Phi) is 7.32. The van der Waals surface area contributed by atoms with Crippen molar-refractivity contribution in [3.63, 3.8) is 0 Å². The number of hydrogen-bond acceptors (Lipinski definition) is 5. The zero-order valence-electron chi connectivity index (χ0n) is 14.8. The average Bonchev–Trinajstić information content (AvgIpc) is 2.60. The first-order chi connectivity index (χ1) is 12.3. The quantitative estimate of drug-likeness (QED) is 0.444. The minimum absolute atomic E-state index is 0.0415. The maximum absolute atomic E-state index is 14.1. The number of hydrogen-bond donors (Lipinski definition) is 2. The largest absolute Gasteiger partial charge is 0.508 e. The van der Waals surface area contributed by atoms with Crippen molar-refractivity contribution >= 4 is 29.0 Å². The topological polar surface area (TPSA) is 63.6 Å². The van der Waals surface area contributed by atoms with Crippen LogP contribution in [0.3, 0.4) is 0 Å². The maximum atomic E-state index is 14.1. The van der Waals surface area contributed by atoms with Gasteiger partial charge in [-0.15, -0.1) is 0 Å². The minimum atomic E-state index is -0.896. The number of phenols is 1. The molecule has 5 nitrogen and oxygen atoms in total. The van der Waals surface area contributed by atoms with Gasteiger partial charge in [0.15, 0.2) is 11.6 Å². The molecular formula is C18H21Cl2FN2O3. The van der Waals surface area contributed by atoms with Gasteiger partial charge in [-0.3, -0.25) is 0 Å². The second-order valence-electron chi connectivity index (χ2n) is 5.81. The van der Waals surface area contributed by atoms with Crippen molar-refractivity contribution < 1.29 is 19.0 Å². The van der Waals surface area contributed by atoms with Gasteiger partial charge >= 0.3 is 0 Å². The molecule has 2 aromatic rings. The predicted molar refractivity (Wildman–Crippen MR) is 101 cm³/mol. The highest BCUT2D eigenvalue weighted by Crippen LogP contribution is 2.42. The first-order valence-electron chi connectivity index (χ1n) is 8.22. The second kappa shape index (κ2) is 9.26. The number of phenolic OH excluding ortho intramolecular Hbond substituents is 1. The van der Waals surface area contributed by atoms with Crippen LogP contribution in [0, 0.1) is 5.95 Å². The van der Waals surface area contributed by atoms with Gasteiger partial charge < -0.3 is 19.9 Å². The zero-order valence-corrected chi connectivity index (χ0v) is 16.3. The molecule has 0 saturated carbocycles. The molecule has 0 amide bonds. The number of ether oxygens (including phenoxy) is 2. The molecule has 0 spiro atoms. The lowest BCUT2D eigenvalue weighted by atomic mass is 10.0. The Balaban J connectivity index is 2.31. The summed E-state index contributed by atoms with van der Waals surface area (Å²) in [6, 6.07) is 4.72. The Morgan fingerprint density at radius 3 is 2.65 bits per heavy atom. The lowest BCUT2D eigenvalue weighted by molar-refractivity contribution is 0.158. The van der Waals surface area contributed by atoms with Crippen LogP contribution in [-0.2, 0) is 4.74 Å². The van der Waals surface area contributed by atoms with Crippen LogP contribution in [0.5, 0.6) is 17.2 Å². The lowest BCUT2D eigenvalue weighted by Crippen LogP contribution is -2.11. The molecule has 0 aliphatic carbocycles. The molecule has 2 rings (SSSR count). The van der Waals surface area contributed by atoms with E-state index in [0.717, 1.165) is 0 Å². The number of aromatic hydroxyl groups is 1. The number of nitrogens with zero attached hydrogens (tertiary/aromatic N) is 1. The van der Waals surface area contributed by atoms with Gasteiger partial charge in [0.25, 0.3) is 0 Å². The molecule has 1 heterocycles. The minimum Gasteiger partial charge on any atom is -0.508 e. The van der Waals surface area contributed by atoms with E-state index in [0.29, 0.717) is 31.1 Å². The monoisotopic (exact) mass is 402 g/mol. The Morgan fingerprint density at radius 2 is 2.00 bits per heavy atom. The smallest absolute Gasteiger partial charge is 0.237 e. The van der Waals surface area contributed by atoms with Crippen molar-refractivity contribution in [2.75, 3.05) is 25.1 Å². The van der Waals surface area contributed by atoms with Crippen molar-refractivity contribution in [2.24, 2.45) is 0 Å². The normalized spacial score (nSPS) is 11.0. The number of anilines is 1. The molecule has 0 fully saturated rings. The summed E-state index contributed by atoms with van der Waals surface area (Å²) in [4.78, 5) is 3.71. The van der Waals surface area contributed by atoms with E-state index in [4.69, 9.17) is 32.7 Å². The molecule has 26 heavy (non-hydrogen) atoms. The van der Waals surface area contributed by atoms with Gasteiger partial charge in [-0.05, 0) is 31.0 Å². The molecular weight excluding hydrogens is 382 g/mol. The van der Waals surface area contributed by atoms with Crippen molar-refractivity contribution in [1.29, 1.82) is 0 Å². The average molecular weight is 403 g/mol. The van der Waals surface area contributed by atoms with Gasteiger partial charge in [0.2, 0.25) is 5.95 Å². The number of nitrogens with one attached hydrogen (secondary N) is 1. The molecule has 0 unspecified atom stereocenters. The molecule has 0 aliphatic rings. The van der Waals surface area contributed by atoms with E-state index < -0.39 is 5.95 Å². The van der Waals surface area contributed by atoms with Crippen LogP contribution in [0.15, 0.2) is 18.2 Å². The van der Waals surface area contributed by atoms with Crippen LogP contribution in [-0.4, -0.2) is 29.8 Å². The number of benzene rings is 1. The fourth-order valence-corrected chi connectivity index (χ4v) is 2.73. The van der Waals surface area contributed by atoms with Crippen molar-refractivity contribution in [3.8, 4) is 17.2 Å². The van der Waals surface area contributed by atoms with Gasteiger partial charge in [-0.2, -0.15) is 9.37 Å². The van der Waals surface area contributed by atoms with Crippen molar-refractivity contribution in [1.82, 2.24) is 4.98 Å². The Morgan fingerprint density at radius 1 is 1.27 bits per heavy atom. The number of halogens is 3. The first kappa shape index (κ1) is 20.6. The van der Waals surface area contributed by atoms with Gasteiger partial charge in [-0.25, -0.2) is 0 Å². The molecule has 0 radical (unpaired) electrons. The van der Waals surface area contributed by atoms with Crippen LogP contribution < -0.4 is 10.1 Å². The molecule has 1 aromatic carbocycles. The summed E-state index contributed by atoms with van der Waals surface area (Å²) < 4.78 is 25.0. The Labute approximate surface area is 162 Å². The summed E-state index contributed by atoms with van der Waals surface area (Å²) in [5, 5.41) is 12.6. The summed E-state index contributed by atoms with van der Waals surface area (Å²) in [5.41, 5.74) is 0.694. The maximum Gasteiger partial charge on any atom is 0.237 e. The second-order valence-corrected chi connectivity index (χ2v) is 6.57. The van der Waals surface area contributed by atoms with Gasteiger partial charge in [-0.1, -0.05) is 37.0 Å². The van der Waals surface area contributed by atoms with Crippen LogP contribution in [0.1, 0.15) is 32.3 Å². The highest BCUT2D eigenvalue weighted by atomic mass is 35.5. The summed E-state index contributed by atoms with van der Waals surface area (Å²) in [6.45, 7) is 7.15. The number of rotatable bonds is 8. The fourth-order valence-electron chi connectivity index (χ4n) is 2.26. The third kappa shape index (κ3) is 4.90. The Bertz CT molecular complexity index is 773. The zero-order chi connectivity index (χ0) is 19.3. The molecule has 0 saturated heterocycles. The molecule has 142 valence electrons. The van der Waals surface area contributed by atoms with E-state index in [-0.39, 0.29) is 33.3 Å². The highest BCUT2D eigenvalue weighted by molar-refractivity contribution is 6.38. The Hall–Kier alpha value is -1.76. The third-order valence-corrected chi connectivity index (χ3v) is 4.26. The van der Waals surface area contributed by atoms with E-state index in [1.165, 1.54) is 6.07 Å². The van der Waals surface area contributed by atoms with E-state index in [2.05, 4.69) is 10.3 Å². The molecule has 2 N–H and O–H groups in total. The predicted octanol–water partition coefficient (Wildman–Crippen LogP) is 5.60. The van der Waals surface area contributed by atoms with Crippen LogP contribution in [0.4, 0.5) is 10.2 Å². The summed E-state index contributed by atoms with van der Waals surface area (Å²) >= 11 is 12.3. The van der Waals surface area contributed by atoms with Crippen molar-refractivity contribution in [2.45, 2.75) is 26.7 Å². The molecule has 8 heteroatoms. The third-order valence-electron chi connectivity index (χ3n) is 3.58. The van der Waals surface area contributed by atoms with Crippen LogP contribution in [0.2, 0.25) is 10.0 Å². The highest BCUT2D eigenvalue weighted by Gasteiger charge is 2.20. The number of aromatic nitrogens is 1. The van der Waals surface area contributed by atoms with Crippen LogP contribution in [0.25, 0.3) is 0 Å². The summed E-state index contributed by atoms with van der Waals surface area (Å²) in [7, 11) is 0. The SMILES string of the molecule is CCOCCNc1nc(F)c(Cl)c(Oc2ccc(O)c(C(C)C)c2)c1Cl. The van der Waals surface area contributed by atoms with E-state index in [1.54, 1.807) is 12.1 Å². The van der Waals surface area contributed by atoms with Gasteiger partial charge in [0.05, 0.1) is 6.61 Å². The summed E-state index contributed by atoms with van der Waals surface area (Å²) in [5.74, 6) is -0.210. The molecule has 1 aromatic heterocycles.